The molecule has 4 nitrogen and oxygen atoms in total. The maximum atomic E-state index is 11.5. The molecule has 0 N–H and O–H groups in total. The predicted molar refractivity (Wildman–Crippen MR) is 63.7 cm³/mol. The molecule has 0 saturated carbocycles. The number of aromatic nitrogens is 1. The average molecular weight is 284 g/mol. The smallest absolute Gasteiger partial charge is 0.309 e. The fraction of sp³-hybridized carbons (Fsp3) is 0.444. The third-order valence-electron chi connectivity index (χ3n) is 1.77. The van der Waals surface area contributed by atoms with Gasteiger partial charge in [0, 0.05) is 6.20 Å². The second-order valence-corrected chi connectivity index (χ2v) is 5.66. The maximum Gasteiger partial charge on any atom is 0.309 e. The SMILES string of the molecule is CCCS(=O)(=O)Oc1c(Cl)cnc(C)c1Cl. The van der Waals surface area contributed by atoms with Crippen LogP contribution in [0.3, 0.4) is 0 Å². The van der Waals surface area contributed by atoms with Crippen LogP contribution in [0.25, 0.3) is 0 Å². The minimum atomic E-state index is -3.64. The van der Waals surface area contributed by atoms with Gasteiger partial charge in [-0.2, -0.15) is 8.42 Å². The number of nitrogens with zero attached hydrogens (tertiary/aromatic N) is 1. The molecule has 0 unspecified atom stereocenters. The van der Waals surface area contributed by atoms with Crippen LogP contribution in [0.5, 0.6) is 5.75 Å². The van der Waals surface area contributed by atoms with E-state index in [1.54, 1.807) is 13.8 Å². The zero-order valence-electron chi connectivity index (χ0n) is 8.83. The van der Waals surface area contributed by atoms with Crippen LogP contribution in [0, 0.1) is 6.92 Å². The molecule has 1 aromatic heterocycles. The number of hydrogen-bond acceptors (Lipinski definition) is 4. The molecule has 0 aliphatic heterocycles. The Hall–Kier alpha value is -0.520. The Morgan fingerprint density at radius 2 is 2.06 bits per heavy atom. The number of hydrogen-bond donors (Lipinski definition) is 0. The molecular formula is C9H11Cl2NO3S. The molecule has 7 heteroatoms. The summed E-state index contributed by atoms with van der Waals surface area (Å²) in [5.41, 5.74) is 0.466. The number of pyridine rings is 1. The van der Waals surface area contributed by atoms with Crippen molar-refractivity contribution in [3.05, 3.63) is 21.9 Å². The first-order chi connectivity index (χ1) is 7.37. The fourth-order valence-corrected chi connectivity index (χ4v) is 2.55. The van der Waals surface area contributed by atoms with E-state index in [2.05, 4.69) is 4.98 Å². The molecule has 0 atom stereocenters. The van der Waals surface area contributed by atoms with Crippen molar-refractivity contribution in [3.8, 4) is 5.75 Å². The van der Waals surface area contributed by atoms with Crippen LogP contribution in [0.1, 0.15) is 19.0 Å². The first-order valence-electron chi connectivity index (χ1n) is 4.60. The first kappa shape index (κ1) is 13.5. The van der Waals surface area contributed by atoms with Crippen LogP contribution < -0.4 is 4.18 Å². The minimum Gasteiger partial charge on any atom is -0.379 e. The first-order valence-corrected chi connectivity index (χ1v) is 6.93. The van der Waals surface area contributed by atoms with Gasteiger partial charge in [0.2, 0.25) is 0 Å². The van der Waals surface area contributed by atoms with Crippen LogP contribution in [-0.4, -0.2) is 19.2 Å². The van der Waals surface area contributed by atoms with E-state index in [1.807, 2.05) is 0 Å². The van der Waals surface area contributed by atoms with Crippen LogP contribution >= 0.6 is 23.2 Å². The van der Waals surface area contributed by atoms with Gasteiger partial charge in [-0.25, -0.2) is 0 Å². The van der Waals surface area contributed by atoms with E-state index in [4.69, 9.17) is 27.4 Å². The Balaban J connectivity index is 3.11. The molecule has 16 heavy (non-hydrogen) atoms. The van der Waals surface area contributed by atoms with Gasteiger partial charge in [-0.15, -0.1) is 0 Å². The average Bonchev–Trinajstić information content (AvgIpc) is 2.19. The van der Waals surface area contributed by atoms with Gasteiger partial charge in [0.15, 0.2) is 5.75 Å². The standard InChI is InChI=1S/C9H11Cl2NO3S/c1-3-4-16(13,14)15-9-7(10)5-12-6(2)8(9)11/h5H,3-4H2,1-2H3. The topological polar surface area (TPSA) is 56.3 Å². The molecule has 0 spiro atoms. The highest BCUT2D eigenvalue weighted by molar-refractivity contribution is 7.87. The Labute approximate surface area is 105 Å². The van der Waals surface area contributed by atoms with Gasteiger partial charge in [0.25, 0.3) is 0 Å². The number of halogens is 2. The minimum absolute atomic E-state index is 0.0516. The Morgan fingerprint density at radius 1 is 1.44 bits per heavy atom. The predicted octanol–water partition coefficient (Wildman–Crippen LogP) is 2.82. The second kappa shape index (κ2) is 5.21. The normalized spacial score (nSPS) is 11.5. The summed E-state index contributed by atoms with van der Waals surface area (Å²) in [6, 6.07) is 0. The van der Waals surface area contributed by atoms with E-state index in [9.17, 15) is 8.42 Å². The van der Waals surface area contributed by atoms with E-state index in [0.29, 0.717) is 12.1 Å². The Bertz CT molecular complexity index is 488. The van der Waals surface area contributed by atoms with Crippen molar-refractivity contribution in [2.45, 2.75) is 20.3 Å². The van der Waals surface area contributed by atoms with E-state index >= 15 is 0 Å². The molecule has 0 bridgehead atoms. The van der Waals surface area contributed by atoms with Gasteiger partial charge >= 0.3 is 10.1 Å². The van der Waals surface area contributed by atoms with E-state index in [1.165, 1.54) is 6.20 Å². The fourth-order valence-electron chi connectivity index (χ4n) is 1.03. The highest BCUT2D eigenvalue weighted by Gasteiger charge is 2.18. The Morgan fingerprint density at radius 3 is 2.62 bits per heavy atom. The summed E-state index contributed by atoms with van der Waals surface area (Å²) in [5, 5.41) is 0.197. The van der Waals surface area contributed by atoms with Crippen LogP contribution in [0.15, 0.2) is 6.20 Å². The summed E-state index contributed by atoms with van der Waals surface area (Å²) in [5.74, 6) is -0.134. The van der Waals surface area contributed by atoms with E-state index in [0.717, 1.165) is 0 Å². The van der Waals surface area contributed by atoms with E-state index in [-0.39, 0.29) is 21.5 Å². The molecule has 0 saturated heterocycles. The van der Waals surface area contributed by atoms with Crippen molar-refractivity contribution in [1.29, 1.82) is 0 Å². The van der Waals surface area contributed by atoms with Crippen LogP contribution in [0.2, 0.25) is 10.0 Å². The van der Waals surface area contributed by atoms with Gasteiger partial charge in [-0.3, -0.25) is 4.98 Å². The van der Waals surface area contributed by atoms with Crippen LogP contribution in [0.4, 0.5) is 0 Å². The second-order valence-electron chi connectivity index (χ2n) is 3.18. The van der Waals surface area contributed by atoms with E-state index < -0.39 is 10.1 Å². The number of rotatable bonds is 4. The molecule has 0 fully saturated rings. The van der Waals surface area contributed by atoms with Crippen molar-refractivity contribution >= 4 is 33.3 Å². The molecule has 1 rings (SSSR count). The lowest BCUT2D eigenvalue weighted by atomic mass is 10.3. The van der Waals surface area contributed by atoms with Crippen molar-refractivity contribution in [1.82, 2.24) is 4.98 Å². The van der Waals surface area contributed by atoms with Gasteiger partial charge < -0.3 is 4.18 Å². The molecule has 0 aromatic carbocycles. The molecule has 1 aromatic rings. The molecule has 0 radical (unpaired) electrons. The largest absolute Gasteiger partial charge is 0.379 e. The lowest BCUT2D eigenvalue weighted by molar-refractivity contribution is 0.484. The van der Waals surface area contributed by atoms with Crippen molar-refractivity contribution < 1.29 is 12.6 Å². The monoisotopic (exact) mass is 283 g/mol. The molecule has 0 amide bonds. The maximum absolute atomic E-state index is 11.5. The van der Waals surface area contributed by atoms with Crippen molar-refractivity contribution in [3.63, 3.8) is 0 Å². The molecular weight excluding hydrogens is 273 g/mol. The third kappa shape index (κ3) is 3.23. The van der Waals surface area contributed by atoms with Crippen molar-refractivity contribution in [2.75, 3.05) is 5.75 Å². The molecule has 0 aliphatic carbocycles. The van der Waals surface area contributed by atoms with Gasteiger partial charge in [-0.1, -0.05) is 30.1 Å². The summed E-state index contributed by atoms with van der Waals surface area (Å²) in [6.45, 7) is 3.37. The highest BCUT2D eigenvalue weighted by atomic mass is 35.5. The van der Waals surface area contributed by atoms with Crippen molar-refractivity contribution in [2.24, 2.45) is 0 Å². The summed E-state index contributed by atoms with van der Waals surface area (Å²) in [6.07, 6.45) is 1.77. The van der Waals surface area contributed by atoms with Crippen LogP contribution in [-0.2, 0) is 10.1 Å². The lowest BCUT2D eigenvalue weighted by Gasteiger charge is -2.10. The van der Waals surface area contributed by atoms with Gasteiger partial charge in [0.1, 0.15) is 10.0 Å². The third-order valence-corrected chi connectivity index (χ3v) is 3.81. The summed E-state index contributed by atoms with van der Waals surface area (Å²) in [4.78, 5) is 3.88. The molecule has 0 aliphatic rings. The van der Waals surface area contributed by atoms with Gasteiger partial charge in [-0.05, 0) is 13.3 Å². The summed E-state index contributed by atoms with van der Waals surface area (Å²) >= 11 is 11.6. The molecule has 90 valence electrons. The highest BCUT2D eigenvalue weighted by Crippen LogP contribution is 2.34. The zero-order chi connectivity index (χ0) is 12.3. The molecule has 1 heterocycles. The quantitative estimate of drug-likeness (QED) is 0.798. The van der Waals surface area contributed by atoms with Gasteiger partial charge in [0.05, 0.1) is 11.4 Å². The lowest BCUT2D eigenvalue weighted by Crippen LogP contribution is -2.14. The number of aryl methyl sites for hydroxylation is 1. The summed E-state index contributed by atoms with van der Waals surface area (Å²) in [7, 11) is -3.64. The zero-order valence-corrected chi connectivity index (χ0v) is 11.2. The summed E-state index contributed by atoms with van der Waals surface area (Å²) < 4.78 is 27.8. The Kier molecular flexibility index (Phi) is 4.41.